The Morgan fingerprint density at radius 2 is 2.12 bits per heavy atom. The minimum atomic E-state index is 0.0661. The van der Waals surface area contributed by atoms with Crippen LogP contribution in [0.5, 0.6) is 0 Å². The maximum absolute atomic E-state index is 13.1. The van der Waals surface area contributed by atoms with Gasteiger partial charge in [-0.15, -0.1) is 10.2 Å². The minimum absolute atomic E-state index is 0.0661. The molecule has 1 saturated heterocycles. The summed E-state index contributed by atoms with van der Waals surface area (Å²) in [5.41, 5.74) is 1.53. The van der Waals surface area contributed by atoms with Gasteiger partial charge in [0, 0.05) is 31.6 Å². The number of nitrogens with zero attached hydrogens (tertiary/aromatic N) is 5. The quantitative estimate of drug-likeness (QED) is 0.867. The molecular weight excluding hydrogens is 302 g/mol. The summed E-state index contributed by atoms with van der Waals surface area (Å²) in [7, 11) is 0. The van der Waals surface area contributed by atoms with Crippen LogP contribution in [0.1, 0.15) is 53.9 Å². The lowest BCUT2D eigenvalue weighted by molar-refractivity contribution is 0.0658. The molecule has 6 nitrogen and oxygen atoms in total. The van der Waals surface area contributed by atoms with Gasteiger partial charge in [-0.3, -0.25) is 9.78 Å². The second-order valence-electron chi connectivity index (χ2n) is 6.86. The highest BCUT2D eigenvalue weighted by Gasteiger charge is 2.41. The number of hydrogen-bond donors (Lipinski definition) is 0. The Bertz CT molecular complexity index is 769. The van der Waals surface area contributed by atoms with Crippen LogP contribution in [0, 0.1) is 6.92 Å². The molecule has 2 aliphatic rings. The van der Waals surface area contributed by atoms with Crippen molar-refractivity contribution in [2.75, 3.05) is 0 Å². The normalized spacial score (nSPS) is 22.3. The van der Waals surface area contributed by atoms with E-state index in [9.17, 15) is 4.79 Å². The summed E-state index contributed by atoms with van der Waals surface area (Å²) in [5, 5.41) is 8.76. The van der Waals surface area contributed by atoms with Gasteiger partial charge < -0.3 is 9.47 Å². The first-order valence-electron chi connectivity index (χ1n) is 8.84. The number of rotatable bonds is 3. The first kappa shape index (κ1) is 15.3. The van der Waals surface area contributed by atoms with E-state index in [2.05, 4.69) is 31.6 Å². The van der Waals surface area contributed by atoms with Gasteiger partial charge in [-0.05, 0) is 37.8 Å². The smallest absolute Gasteiger partial charge is 0.273 e. The van der Waals surface area contributed by atoms with Crippen LogP contribution in [0.25, 0.3) is 0 Å². The zero-order valence-electron chi connectivity index (χ0n) is 14.3. The van der Waals surface area contributed by atoms with Gasteiger partial charge in [0.1, 0.15) is 17.3 Å². The molecule has 0 radical (unpaired) electrons. The standard InChI is InChI=1S/C18H23N5O/c1-3-5-15-20-21-16-10-13-7-8-14(11-22(15)16)23(13)18(24)17-12(2)6-4-9-19-17/h4,6,9,13-14H,3,5,7-8,10-11H2,1-2H3/t13-,14+/m0/s1. The predicted octanol–water partition coefficient (Wildman–Crippen LogP) is 2.16. The topological polar surface area (TPSA) is 63.9 Å². The number of aryl methyl sites for hydroxylation is 2. The Labute approximate surface area is 141 Å². The zero-order chi connectivity index (χ0) is 16.7. The first-order chi connectivity index (χ1) is 11.7. The molecule has 2 bridgehead atoms. The first-order valence-corrected chi connectivity index (χ1v) is 8.84. The van der Waals surface area contributed by atoms with Crippen LogP contribution in [0.15, 0.2) is 18.3 Å². The fraction of sp³-hybridized carbons (Fsp3) is 0.556. The monoisotopic (exact) mass is 325 g/mol. The van der Waals surface area contributed by atoms with Gasteiger partial charge in [-0.1, -0.05) is 13.0 Å². The molecule has 24 heavy (non-hydrogen) atoms. The summed E-state index contributed by atoms with van der Waals surface area (Å²) in [6, 6.07) is 4.26. The lowest BCUT2D eigenvalue weighted by Crippen LogP contribution is -2.42. The van der Waals surface area contributed by atoms with Crippen molar-refractivity contribution in [3.05, 3.63) is 41.2 Å². The second kappa shape index (κ2) is 6.00. The maximum atomic E-state index is 13.1. The van der Waals surface area contributed by atoms with E-state index >= 15 is 0 Å². The predicted molar refractivity (Wildman–Crippen MR) is 89.7 cm³/mol. The summed E-state index contributed by atoms with van der Waals surface area (Å²) in [4.78, 5) is 19.5. The van der Waals surface area contributed by atoms with Crippen LogP contribution in [-0.2, 0) is 19.4 Å². The Morgan fingerprint density at radius 1 is 1.29 bits per heavy atom. The SMILES string of the molecule is CCCc1nnc2n1C[C@H]1CC[C@@H](C2)N1C(=O)c1ncccc1C. The van der Waals surface area contributed by atoms with E-state index in [0.29, 0.717) is 5.69 Å². The fourth-order valence-corrected chi connectivity index (χ4v) is 4.07. The van der Waals surface area contributed by atoms with Gasteiger partial charge in [0.15, 0.2) is 0 Å². The minimum Gasteiger partial charge on any atom is -0.329 e. The molecule has 2 aromatic rings. The van der Waals surface area contributed by atoms with Crippen LogP contribution in [0.3, 0.4) is 0 Å². The highest BCUT2D eigenvalue weighted by atomic mass is 16.2. The third kappa shape index (κ3) is 2.41. The number of fused-ring (bicyclic) bond motifs is 3. The summed E-state index contributed by atoms with van der Waals surface area (Å²) in [6.45, 7) is 4.92. The van der Waals surface area contributed by atoms with Crippen molar-refractivity contribution in [2.24, 2.45) is 0 Å². The van der Waals surface area contributed by atoms with Crippen LogP contribution < -0.4 is 0 Å². The van der Waals surface area contributed by atoms with Crippen molar-refractivity contribution in [1.29, 1.82) is 0 Å². The van der Waals surface area contributed by atoms with E-state index < -0.39 is 0 Å². The second-order valence-corrected chi connectivity index (χ2v) is 6.86. The number of amides is 1. The molecule has 126 valence electrons. The molecular formula is C18H23N5O. The highest BCUT2D eigenvalue weighted by Crippen LogP contribution is 2.33. The van der Waals surface area contributed by atoms with Gasteiger partial charge in [-0.25, -0.2) is 0 Å². The van der Waals surface area contributed by atoms with E-state index in [0.717, 1.165) is 55.9 Å². The number of aromatic nitrogens is 4. The Balaban J connectivity index is 1.66. The molecule has 0 N–H and O–H groups in total. The zero-order valence-corrected chi connectivity index (χ0v) is 14.3. The Kier molecular flexibility index (Phi) is 3.82. The van der Waals surface area contributed by atoms with E-state index in [1.54, 1.807) is 6.20 Å². The maximum Gasteiger partial charge on any atom is 0.273 e. The van der Waals surface area contributed by atoms with Crippen LogP contribution in [0.4, 0.5) is 0 Å². The highest BCUT2D eigenvalue weighted by molar-refractivity contribution is 5.94. The summed E-state index contributed by atoms with van der Waals surface area (Å²) < 4.78 is 2.25. The van der Waals surface area contributed by atoms with Crippen LogP contribution in [-0.4, -0.2) is 42.6 Å². The van der Waals surface area contributed by atoms with Crippen molar-refractivity contribution in [1.82, 2.24) is 24.6 Å². The van der Waals surface area contributed by atoms with E-state index in [1.807, 2.05) is 19.1 Å². The Hall–Kier alpha value is -2.24. The molecule has 4 rings (SSSR count). The van der Waals surface area contributed by atoms with Gasteiger partial charge >= 0.3 is 0 Å². The van der Waals surface area contributed by atoms with Crippen molar-refractivity contribution < 1.29 is 4.79 Å². The van der Waals surface area contributed by atoms with Gasteiger partial charge in [0.25, 0.3) is 5.91 Å². The third-order valence-electron chi connectivity index (χ3n) is 5.26. The van der Waals surface area contributed by atoms with Gasteiger partial charge in [-0.2, -0.15) is 0 Å². The molecule has 0 saturated carbocycles. The molecule has 2 aromatic heterocycles. The van der Waals surface area contributed by atoms with Crippen molar-refractivity contribution >= 4 is 5.91 Å². The molecule has 0 unspecified atom stereocenters. The Morgan fingerprint density at radius 3 is 2.92 bits per heavy atom. The summed E-state index contributed by atoms with van der Waals surface area (Å²) in [6.07, 6.45) is 6.59. The van der Waals surface area contributed by atoms with Crippen LogP contribution in [0.2, 0.25) is 0 Å². The molecule has 0 spiro atoms. The number of pyridine rings is 1. The summed E-state index contributed by atoms with van der Waals surface area (Å²) >= 11 is 0. The molecule has 2 aliphatic heterocycles. The van der Waals surface area contributed by atoms with E-state index in [1.165, 1.54) is 0 Å². The van der Waals surface area contributed by atoms with Crippen molar-refractivity contribution in [2.45, 2.75) is 64.6 Å². The van der Waals surface area contributed by atoms with E-state index in [-0.39, 0.29) is 18.0 Å². The molecule has 6 heteroatoms. The molecule has 1 fully saturated rings. The van der Waals surface area contributed by atoms with Gasteiger partial charge in [0.05, 0.1) is 6.04 Å². The van der Waals surface area contributed by atoms with Crippen molar-refractivity contribution in [3.63, 3.8) is 0 Å². The third-order valence-corrected chi connectivity index (χ3v) is 5.26. The van der Waals surface area contributed by atoms with Crippen LogP contribution >= 0.6 is 0 Å². The lowest BCUT2D eigenvalue weighted by atomic mass is 10.1. The molecule has 4 heterocycles. The lowest BCUT2D eigenvalue weighted by Gasteiger charge is -2.28. The molecule has 2 atom stereocenters. The van der Waals surface area contributed by atoms with Crippen molar-refractivity contribution in [3.8, 4) is 0 Å². The average Bonchev–Trinajstić information content (AvgIpc) is 3.07. The van der Waals surface area contributed by atoms with E-state index in [4.69, 9.17) is 0 Å². The summed E-state index contributed by atoms with van der Waals surface area (Å²) in [5.74, 6) is 2.15. The van der Waals surface area contributed by atoms with Gasteiger partial charge in [0.2, 0.25) is 0 Å². The average molecular weight is 325 g/mol. The largest absolute Gasteiger partial charge is 0.329 e. The number of hydrogen-bond acceptors (Lipinski definition) is 4. The number of carbonyl (C=O) groups is 1. The molecule has 0 aliphatic carbocycles. The molecule has 0 aromatic carbocycles. The fourth-order valence-electron chi connectivity index (χ4n) is 4.07. The number of carbonyl (C=O) groups excluding carboxylic acids is 1. The molecule has 1 amide bonds.